The fourth-order valence-corrected chi connectivity index (χ4v) is 2.43. The molecule has 0 fully saturated rings. The largest absolute Gasteiger partial charge is 0.500 e. The molecule has 0 N–H and O–H groups in total. The maximum atomic E-state index is 11.9. The van der Waals surface area contributed by atoms with Crippen molar-refractivity contribution in [2.24, 2.45) is 5.92 Å². The number of hydrogen-bond acceptors (Lipinski definition) is 2. The molecule has 0 saturated carbocycles. The van der Waals surface area contributed by atoms with Gasteiger partial charge in [0.1, 0.15) is 6.11 Å². The van der Waals surface area contributed by atoms with Gasteiger partial charge < -0.3 is 4.43 Å². The molecule has 0 amide bonds. The minimum absolute atomic E-state index is 0.0397. The van der Waals surface area contributed by atoms with Crippen LogP contribution in [-0.4, -0.2) is 14.1 Å². The number of ketones is 1. The zero-order chi connectivity index (χ0) is 16.8. The van der Waals surface area contributed by atoms with Crippen LogP contribution >= 0.6 is 0 Å². The first-order valence-electron chi connectivity index (χ1n) is 7.87. The molecule has 0 aliphatic carbocycles. The van der Waals surface area contributed by atoms with Crippen LogP contribution in [-0.2, 0) is 15.6 Å². The standard InChI is InChI=1S/C19H28O2Si/c1-16(14-17-10-8-7-9-11-17)15-18(20)12-13-21-22(5,6)19(2,3)4/h7-11,16H,14-15H2,1-6H3. The van der Waals surface area contributed by atoms with Crippen molar-refractivity contribution in [3.8, 4) is 12.0 Å². The van der Waals surface area contributed by atoms with Crippen LogP contribution in [0.1, 0.15) is 39.7 Å². The topological polar surface area (TPSA) is 26.3 Å². The predicted molar refractivity (Wildman–Crippen MR) is 95.0 cm³/mol. The van der Waals surface area contributed by atoms with Crippen LogP contribution in [0.25, 0.3) is 0 Å². The van der Waals surface area contributed by atoms with E-state index in [4.69, 9.17) is 4.43 Å². The first-order chi connectivity index (χ1) is 10.1. The number of carbonyl (C=O) groups is 1. The Hall–Kier alpha value is -1.53. The Morgan fingerprint density at radius 3 is 2.36 bits per heavy atom. The Morgan fingerprint density at radius 2 is 1.82 bits per heavy atom. The van der Waals surface area contributed by atoms with E-state index in [0.29, 0.717) is 6.42 Å². The van der Waals surface area contributed by atoms with Crippen molar-refractivity contribution >= 4 is 14.1 Å². The predicted octanol–water partition coefficient (Wildman–Crippen LogP) is 4.81. The van der Waals surface area contributed by atoms with Crippen LogP contribution in [0.3, 0.4) is 0 Å². The highest BCUT2D eigenvalue weighted by Crippen LogP contribution is 2.36. The summed E-state index contributed by atoms with van der Waals surface area (Å²) >= 11 is 0. The van der Waals surface area contributed by atoms with Gasteiger partial charge in [0.05, 0.1) is 0 Å². The van der Waals surface area contributed by atoms with Gasteiger partial charge in [-0.3, -0.25) is 4.79 Å². The van der Waals surface area contributed by atoms with E-state index in [1.807, 2.05) is 18.2 Å². The second-order valence-corrected chi connectivity index (χ2v) is 12.2. The summed E-state index contributed by atoms with van der Waals surface area (Å²) in [5, 5.41) is 0.103. The molecule has 1 aromatic rings. The zero-order valence-electron chi connectivity index (χ0n) is 14.7. The lowest BCUT2D eigenvalue weighted by molar-refractivity contribution is -0.114. The van der Waals surface area contributed by atoms with Gasteiger partial charge in [-0.25, -0.2) is 0 Å². The molecule has 0 radical (unpaired) electrons. The first-order valence-corrected chi connectivity index (χ1v) is 10.8. The molecule has 120 valence electrons. The Labute approximate surface area is 136 Å². The second-order valence-electron chi connectivity index (χ2n) is 7.51. The SMILES string of the molecule is CC(CC(=O)C#CO[Si](C)(C)C(C)(C)C)Cc1ccccc1. The summed E-state index contributed by atoms with van der Waals surface area (Å²) in [6, 6.07) is 10.2. The van der Waals surface area contributed by atoms with Gasteiger partial charge in [0.25, 0.3) is 8.32 Å². The van der Waals surface area contributed by atoms with Crippen LogP contribution < -0.4 is 0 Å². The smallest absolute Gasteiger partial charge is 0.264 e. The highest BCUT2D eigenvalue weighted by atomic mass is 28.4. The maximum absolute atomic E-state index is 11.9. The summed E-state index contributed by atoms with van der Waals surface area (Å²) in [5.41, 5.74) is 1.26. The van der Waals surface area contributed by atoms with E-state index in [0.717, 1.165) is 6.42 Å². The van der Waals surface area contributed by atoms with Gasteiger partial charge in [-0.15, -0.1) is 0 Å². The average molecular weight is 317 g/mol. The quantitative estimate of drug-likeness (QED) is 0.576. The molecule has 0 aliphatic rings. The van der Waals surface area contributed by atoms with Crippen molar-refractivity contribution in [2.75, 3.05) is 0 Å². The average Bonchev–Trinajstić information content (AvgIpc) is 2.37. The third kappa shape index (κ3) is 6.07. The Bertz CT molecular complexity index is 544. The highest BCUT2D eigenvalue weighted by Gasteiger charge is 2.38. The monoisotopic (exact) mass is 316 g/mol. The van der Waals surface area contributed by atoms with Crippen molar-refractivity contribution in [3.63, 3.8) is 0 Å². The lowest BCUT2D eigenvalue weighted by Crippen LogP contribution is -2.39. The molecule has 0 aromatic heterocycles. The Balaban J connectivity index is 2.49. The molecule has 0 heterocycles. The van der Waals surface area contributed by atoms with Gasteiger partial charge in [-0.05, 0) is 36.0 Å². The summed E-state index contributed by atoms with van der Waals surface area (Å²) in [5.74, 6) is 2.90. The number of hydrogen-bond donors (Lipinski definition) is 0. The van der Waals surface area contributed by atoms with Crippen molar-refractivity contribution < 1.29 is 9.22 Å². The third-order valence-corrected chi connectivity index (χ3v) is 8.49. The van der Waals surface area contributed by atoms with Crippen molar-refractivity contribution in [1.29, 1.82) is 0 Å². The third-order valence-electron chi connectivity index (χ3n) is 4.26. The van der Waals surface area contributed by atoms with Crippen molar-refractivity contribution in [2.45, 2.75) is 58.7 Å². The van der Waals surface area contributed by atoms with Gasteiger partial charge in [-0.1, -0.05) is 58.0 Å². The van der Waals surface area contributed by atoms with E-state index in [1.54, 1.807) is 0 Å². The normalized spacial score (nSPS) is 13.0. The van der Waals surface area contributed by atoms with Gasteiger partial charge in [0.15, 0.2) is 0 Å². The van der Waals surface area contributed by atoms with E-state index in [1.165, 1.54) is 5.56 Å². The van der Waals surface area contributed by atoms with E-state index >= 15 is 0 Å². The van der Waals surface area contributed by atoms with Gasteiger partial charge in [0.2, 0.25) is 5.78 Å². The minimum atomic E-state index is -1.90. The molecular weight excluding hydrogens is 288 g/mol. The molecule has 3 heteroatoms. The molecule has 0 saturated heterocycles. The summed E-state index contributed by atoms with van der Waals surface area (Å²) in [6.45, 7) is 12.8. The van der Waals surface area contributed by atoms with Gasteiger partial charge >= 0.3 is 0 Å². The molecular formula is C19H28O2Si. The van der Waals surface area contributed by atoms with Crippen LogP contribution in [0.5, 0.6) is 0 Å². The van der Waals surface area contributed by atoms with Crippen molar-refractivity contribution in [1.82, 2.24) is 0 Å². The van der Waals surface area contributed by atoms with E-state index in [9.17, 15) is 4.79 Å². The maximum Gasteiger partial charge on any atom is 0.264 e. The fourth-order valence-electron chi connectivity index (χ4n) is 1.82. The molecule has 1 rings (SSSR count). The molecule has 1 atom stereocenters. The van der Waals surface area contributed by atoms with E-state index < -0.39 is 8.32 Å². The fraction of sp³-hybridized carbons (Fsp3) is 0.526. The summed E-state index contributed by atoms with van der Waals surface area (Å²) < 4.78 is 5.72. The molecule has 0 spiro atoms. The van der Waals surface area contributed by atoms with Gasteiger partial charge in [-0.2, -0.15) is 0 Å². The number of carbonyl (C=O) groups excluding carboxylic acids is 1. The minimum Gasteiger partial charge on any atom is -0.500 e. The van der Waals surface area contributed by atoms with Gasteiger partial charge in [0, 0.05) is 12.3 Å². The molecule has 0 aliphatic heterocycles. The molecule has 1 aromatic carbocycles. The van der Waals surface area contributed by atoms with Crippen LogP contribution in [0, 0.1) is 17.9 Å². The second kappa shape index (κ2) is 7.65. The van der Waals surface area contributed by atoms with E-state index in [2.05, 4.69) is 64.9 Å². The summed E-state index contributed by atoms with van der Waals surface area (Å²) in [6.07, 6.45) is 4.04. The van der Waals surface area contributed by atoms with Crippen LogP contribution in [0.4, 0.5) is 0 Å². The number of Topliss-reactive ketones (excluding diaryl/α,β-unsaturated/α-hetero) is 1. The van der Waals surface area contributed by atoms with E-state index in [-0.39, 0.29) is 16.7 Å². The first kappa shape index (κ1) is 18.5. The molecule has 1 unspecified atom stereocenters. The van der Waals surface area contributed by atoms with Crippen LogP contribution in [0.15, 0.2) is 30.3 Å². The Kier molecular flexibility index (Phi) is 6.43. The summed E-state index contributed by atoms with van der Waals surface area (Å²) in [4.78, 5) is 11.9. The highest BCUT2D eigenvalue weighted by molar-refractivity contribution is 6.74. The molecule has 22 heavy (non-hydrogen) atoms. The lowest BCUT2D eigenvalue weighted by atomic mass is 9.96. The van der Waals surface area contributed by atoms with Crippen molar-refractivity contribution in [3.05, 3.63) is 35.9 Å². The lowest BCUT2D eigenvalue weighted by Gasteiger charge is -2.33. The number of rotatable bonds is 5. The Morgan fingerprint density at radius 1 is 1.23 bits per heavy atom. The van der Waals surface area contributed by atoms with Crippen LogP contribution in [0.2, 0.25) is 18.1 Å². The zero-order valence-corrected chi connectivity index (χ0v) is 15.7. The molecule has 2 nitrogen and oxygen atoms in total. The number of benzene rings is 1. The molecule has 0 bridgehead atoms. The summed E-state index contributed by atoms with van der Waals surface area (Å²) in [7, 11) is -1.90.